The quantitative estimate of drug-likeness (QED) is 0.370. The lowest BCUT2D eigenvalue weighted by Gasteiger charge is -2.35. The zero-order chi connectivity index (χ0) is 27.5. The van der Waals surface area contributed by atoms with Crippen molar-refractivity contribution >= 4 is 16.8 Å². The van der Waals surface area contributed by atoms with E-state index in [1.54, 1.807) is 0 Å². The lowest BCUT2D eigenvalue weighted by atomic mass is 9.96. The molecule has 6 nitrogen and oxygen atoms in total. The minimum atomic E-state index is -0.329. The number of benzene rings is 3. The molecule has 0 fully saturated rings. The molecule has 3 aromatic carbocycles. The average molecular weight is 526 g/mol. The largest absolute Gasteiger partial charge is 0.394 e. The molecule has 4 aromatic rings. The van der Waals surface area contributed by atoms with E-state index in [4.69, 9.17) is 4.74 Å². The number of aliphatic hydroxyl groups excluding tert-OH is 1. The molecule has 39 heavy (non-hydrogen) atoms. The number of ether oxygens (including phenoxy) is 1. The minimum Gasteiger partial charge on any atom is -0.394 e. The van der Waals surface area contributed by atoms with Gasteiger partial charge in [0.15, 0.2) is 0 Å². The summed E-state index contributed by atoms with van der Waals surface area (Å²) in [5, 5.41) is 11.2. The molecule has 1 N–H and O–H groups in total. The van der Waals surface area contributed by atoms with Gasteiger partial charge in [-0.2, -0.15) is 0 Å². The Morgan fingerprint density at radius 2 is 1.72 bits per heavy atom. The highest BCUT2D eigenvalue weighted by Gasteiger charge is 2.33. The summed E-state index contributed by atoms with van der Waals surface area (Å²) in [6, 6.07) is 26.5. The lowest BCUT2D eigenvalue weighted by Crippen LogP contribution is -2.47. The van der Waals surface area contributed by atoms with Crippen LogP contribution in [0.3, 0.4) is 0 Å². The predicted octanol–water partition coefficient (Wildman–Crippen LogP) is 5.34. The van der Waals surface area contributed by atoms with Gasteiger partial charge in [-0.1, -0.05) is 79.7 Å². The molecule has 1 amide bonds. The summed E-state index contributed by atoms with van der Waals surface area (Å²) in [6.07, 6.45) is -0.106. The molecule has 0 radical (unpaired) electrons. The second kappa shape index (κ2) is 11.7. The summed E-state index contributed by atoms with van der Waals surface area (Å²) in [5.41, 5.74) is 5.92. The number of aryl methyl sites for hydroxylation is 1. The highest BCUT2D eigenvalue weighted by Crippen LogP contribution is 2.38. The third-order valence-electron chi connectivity index (χ3n) is 8.01. The van der Waals surface area contributed by atoms with E-state index in [1.807, 2.05) is 53.8 Å². The summed E-state index contributed by atoms with van der Waals surface area (Å²) < 4.78 is 8.71. The van der Waals surface area contributed by atoms with E-state index in [0.29, 0.717) is 18.8 Å². The van der Waals surface area contributed by atoms with E-state index >= 15 is 0 Å². The molecule has 1 aliphatic rings. The fourth-order valence-corrected chi connectivity index (χ4v) is 5.79. The molecule has 0 aliphatic carbocycles. The Morgan fingerprint density at radius 1 is 1.03 bits per heavy atom. The van der Waals surface area contributed by atoms with E-state index in [2.05, 4.69) is 67.4 Å². The summed E-state index contributed by atoms with van der Waals surface area (Å²) in [4.78, 5) is 18.5. The van der Waals surface area contributed by atoms with Crippen LogP contribution in [0.4, 0.5) is 0 Å². The second-order valence-corrected chi connectivity index (χ2v) is 11.0. The standard InChI is InChI=1S/C33H39N3O3/c1-23-18-36(24(2)21-37)33(38)32-31(28-16-10-11-17-29(28)35(32)4)27-15-9-8-14-26(27)22-39-30(23)20-34(3)19-25-12-6-5-7-13-25/h5-17,23-24,30,37H,18-22H2,1-4H3/t23-,24-,30+/m0/s1. The first-order valence-corrected chi connectivity index (χ1v) is 13.8. The molecule has 204 valence electrons. The lowest BCUT2D eigenvalue weighted by molar-refractivity contribution is -0.0242. The van der Waals surface area contributed by atoms with E-state index < -0.39 is 0 Å². The van der Waals surface area contributed by atoms with Crippen LogP contribution in [-0.2, 0) is 24.9 Å². The van der Waals surface area contributed by atoms with E-state index in [0.717, 1.165) is 40.7 Å². The van der Waals surface area contributed by atoms with Crippen molar-refractivity contribution < 1.29 is 14.6 Å². The highest BCUT2D eigenvalue weighted by molar-refractivity contribution is 6.10. The van der Waals surface area contributed by atoms with Gasteiger partial charge in [0.1, 0.15) is 5.69 Å². The van der Waals surface area contributed by atoms with Crippen molar-refractivity contribution in [3.05, 3.63) is 95.7 Å². The Balaban J connectivity index is 1.58. The Bertz CT molecular complexity index is 1430. The first-order valence-electron chi connectivity index (χ1n) is 13.8. The highest BCUT2D eigenvalue weighted by atomic mass is 16.5. The number of hydrogen-bond donors (Lipinski definition) is 1. The van der Waals surface area contributed by atoms with Gasteiger partial charge in [0, 0.05) is 49.1 Å². The summed E-state index contributed by atoms with van der Waals surface area (Å²) in [5.74, 6) is -0.0187. The van der Waals surface area contributed by atoms with Gasteiger partial charge in [-0.25, -0.2) is 0 Å². The van der Waals surface area contributed by atoms with Crippen LogP contribution in [0.15, 0.2) is 78.9 Å². The molecule has 3 atom stereocenters. The smallest absolute Gasteiger partial charge is 0.271 e. The second-order valence-electron chi connectivity index (χ2n) is 11.0. The number of carbonyl (C=O) groups is 1. The molecule has 0 spiro atoms. The molecule has 0 saturated carbocycles. The van der Waals surface area contributed by atoms with E-state index in [-0.39, 0.29) is 30.6 Å². The van der Waals surface area contributed by atoms with Crippen molar-refractivity contribution in [1.82, 2.24) is 14.4 Å². The van der Waals surface area contributed by atoms with Crippen molar-refractivity contribution in [2.45, 2.75) is 39.1 Å². The van der Waals surface area contributed by atoms with Crippen LogP contribution in [0.1, 0.15) is 35.5 Å². The molecule has 0 unspecified atom stereocenters. The predicted molar refractivity (Wildman–Crippen MR) is 156 cm³/mol. The number of amides is 1. The van der Waals surface area contributed by atoms with Gasteiger partial charge in [0.25, 0.3) is 5.91 Å². The number of likely N-dealkylation sites (N-methyl/N-ethyl adjacent to an activating group) is 1. The number of hydrogen-bond acceptors (Lipinski definition) is 4. The zero-order valence-electron chi connectivity index (χ0n) is 23.4. The van der Waals surface area contributed by atoms with Crippen LogP contribution in [0.25, 0.3) is 22.0 Å². The summed E-state index contributed by atoms with van der Waals surface area (Å²) in [7, 11) is 4.08. The molecule has 2 heterocycles. The van der Waals surface area contributed by atoms with Gasteiger partial charge in [0.2, 0.25) is 0 Å². The SMILES string of the molecule is C[C@H]1CN([C@@H](C)CO)C(=O)c2c(c3ccccc3n2C)-c2ccccc2CO[C@@H]1CN(C)Cc1ccccc1. The molecule has 0 saturated heterocycles. The number of fused-ring (bicyclic) bond motifs is 5. The summed E-state index contributed by atoms with van der Waals surface area (Å²) >= 11 is 0. The van der Waals surface area contributed by atoms with Crippen LogP contribution in [0.2, 0.25) is 0 Å². The third-order valence-corrected chi connectivity index (χ3v) is 8.01. The number of aromatic nitrogens is 1. The average Bonchev–Trinajstić information content (AvgIpc) is 3.24. The zero-order valence-corrected chi connectivity index (χ0v) is 23.4. The Kier molecular flexibility index (Phi) is 8.17. The maximum Gasteiger partial charge on any atom is 0.271 e. The third kappa shape index (κ3) is 5.50. The molecule has 6 heteroatoms. The molecule has 5 rings (SSSR count). The normalized spacial score (nSPS) is 19.0. The van der Waals surface area contributed by atoms with Gasteiger partial charge < -0.3 is 19.3 Å². The monoisotopic (exact) mass is 525 g/mol. The van der Waals surface area contributed by atoms with Crippen molar-refractivity contribution in [2.75, 3.05) is 26.7 Å². The molecule has 1 aromatic heterocycles. The molecule has 1 aliphatic heterocycles. The van der Waals surface area contributed by atoms with Crippen LogP contribution < -0.4 is 0 Å². The van der Waals surface area contributed by atoms with Gasteiger partial charge in [-0.15, -0.1) is 0 Å². The van der Waals surface area contributed by atoms with E-state index in [9.17, 15) is 9.90 Å². The molecular weight excluding hydrogens is 486 g/mol. The van der Waals surface area contributed by atoms with Crippen LogP contribution >= 0.6 is 0 Å². The first kappa shape index (κ1) is 27.1. The van der Waals surface area contributed by atoms with Crippen molar-refractivity contribution in [2.24, 2.45) is 13.0 Å². The number of aliphatic hydroxyl groups is 1. The number of nitrogens with zero attached hydrogens (tertiary/aromatic N) is 3. The minimum absolute atomic E-state index is 0.0459. The fourth-order valence-electron chi connectivity index (χ4n) is 5.79. The number of rotatable bonds is 6. The Labute approximate surface area is 231 Å². The Morgan fingerprint density at radius 3 is 2.49 bits per heavy atom. The molecular formula is C33H39N3O3. The van der Waals surface area contributed by atoms with Gasteiger partial charge in [0.05, 0.1) is 25.4 Å². The van der Waals surface area contributed by atoms with Crippen LogP contribution in [-0.4, -0.2) is 64.3 Å². The topological polar surface area (TPSA) is 57.9 Å². The van der Waals surface area contributed by atoms with Gasteiger partial charge >= 0.3 is 0 Å². The number of carbonyl (C=O) groups excluding carboxylic acids is 1. The molecule has 0 bridgehead atoms. The van der Waals surface area contributed by atoms with Crippen molar-refractivity contribution in [1.29, 1.82) is 0 Å². The number of para-hydroxylation sites is 1. The van der Waals surface area contributed by atoms with Crippen LogP contribution in [0, 0.1) is 5.92 Å². The van der Waals surface area contributed by atoms with Gasteiger partial charge in [-0.05, 0) is 36.7 Å². The maximum absolute atomic E-state index is 14.4. The fraction of sp³-hybridized carbons (Fsp3) is 0.364. The van der Waals surface area contributed by atoms with Crippen LogP contribution in [0.5, 0.6) is 0 Å². The van der Waals surface area contributed by atoms with E-state index in [1.165, 1.54) is 5.56 Å². The van der Waals surface area contributed by atoms with Crippen molar-refractivity contribution in [3.8, 4) is 11.1 Å². The summed E-state index contributed by atoms with van der Waals surface area (Å²) in [6.45, 7) is 6.45. The first-order chi connectivity index (χ1) is 18.9. The van der Waals surface area contributed by atoms with Crippen molar-refractivity contribution in [3.63, 3.8) is 0 Å². The maximum atomic E-state index is 14.4. The Hall–Kier alpha value is -3.45. The van der Waals surface area contributed by atoms with Gasteiger partial charge in [-0.3, -0.25) is 9.69 Å².